The molecule has 3 nitrogen and oxygen atoms in total. The van der Waals surface area contributed by atoms with Crippen LogP contribution in [-0.2, 0) is 0 Å². The molecule has 0 N–H and O–H groups in total. The number of rotatable bonds is 6. The SMILES string of the molecule is c1ccc(-c2cc(-c3ccccc3)nc(-c3cc(-c4cc5ccccc5c5ccccc45)cc(-[n+]4cc5ccccc5n4-c4ccccc4)c3)c2)cc1. The van der Waals surface area contributed by atoms with E-state index in [0.29, 0.717) is 0 Å². The summed E-state index contributed by atoms with van der Waals surface area (Å²) in [5.41, 5.74) is 11.9. The Labute approximate surface area is 308 Å². The van der Waals surface area contributed by atoms with Crippen LogP contribution in [0.15, 0.2) is 206 Å². The van der Waals surface area contributed by atoms with Crippen LogP contribution in [0.2, 0.25) is 0 Å². The highest BCUT2D eigenvalue weighted by Crippen LogP contribution is 2.38. The molecule has 8 aromatic carbocycles. The molecule has 0 radical (unpaired) electrons. The van der Waals surface area contributed by atoms with Crippen LogP contribution in [0.25, 0.3) is 88.6 Å². The summed E-state index contributed by atoms with van der Waals surface area (Å²) in [6, 6.07) is 71.5. The maximum absolute atomic E-state index is 5.39. The van der Waals surface area contributed by atoms with Crippen molar-refractivity contribution in [3.63, 3.8) is 0 Å². The first-order valence-electron chi connectivity index (χ1n) is 18.0. The molecule has 0 atom stereocenters. The molecule has 0 aliphatic carbocycles. The normalized spacial score (nSPS) is 11.4. The molecule has 53 heavy (non-hydrogen) atoms. The first-order chi connectivity index (χ1) is 26.3. The van der Waals surface area contributed by atoms with Gasteiger partial charge in [0.2, 0.25) is 11.9 Å². The monoisotopic (exact) mass is 676 g/mol. The van der Waals surface area contributed by atoms with Crippen LogP contribution in [0.1, 0.15) is 0 Å². The van der Waals surface area contributed by atoms with Gasteiger partial charge in [-0.1, -0.05) is 144 Å². The topological polar surface area (TPSA) is 21.7 Å². The Morgan fingerprint density at radius 2 is 0.943 bits per heavy atom. The molecule has 0 aliphatic heterocycles. The lowest BCUT2D eigenvalue weighted by molar-refractivity contribution is -0.672. The predicted octanol–water partition coefficient (Wildman–Crippen LogP) is 12.3. The van der Waals surface area contributed by atoms with Gasteiger partial charge in [-0.05, 0) is 92.3 Å². The average Bonchev–Trinajstić information content (AvgIpc) is 3.64. The van der Waals surface area contributed by atoms with E-state index in [1.165, 1.54) is 27.1 Å². The van der Waals surface area contributed by atoms with E-state index in [2.05, 4.69) is 216 Å². The van der Waals surface area contributed by atoms with E-state index in [1.54, 1.807) is 0 Å². The van der Waals surface area contributed by atoms with Gasteiger partial charge in [-0.3, -0.25) is 0 Å². The smallest absolute Gasteiger partial charge is 0.237 e. The molecule has 0 saturated carbocycles. The highest BCUT2D eigenvalue weighted by Gasteiger charge is 2.23. The van der Waals surface area contributed by atoms with Crippen LogP contribution < -0.4 is 4.68 Å². The van der Waals surface area contributed by atoms with E-state index in [0.717, 1.165) is 61.5 Å². The molecule has 10 rings (SSSR count). The predicted molar refractivity (Wildman–Crippen MR) is 219 cm³/mol. The third-order valence-electron chi connectivity index (χ3n) is 10.2. The second-order valence-corrected chi connectivity index (χ2v) is 13.5. The number of fused-ring (bicyclic) bond motifs is 4. The lowest BCUT2D eigenvalue weighted by atomic mass is 9.91. The first kappa shape index (κ1) is 30.7. The summed E-state index contributed by atoms with van der Waals surface area (Å²) in [7, 11) is 0. The van der Waals surface area contributed by atoms with E-state index in [1.807, 2.05) is 0 Å². The summed E-state index contributed by atoms with van der Waals surface area (Å²) in [6.07, 6.45) is 2.24. The van der Waals surface area contributed by atoms with Gasteiger partial charge in [0, 0.05) is 23.3 Å². The van der Waals surface area contributed by atoms with Crippen molar-refractivity contribution < 1.29 is 4.68 Å². The molecular formula is C50H34N3+. The summed E-state index contributed by atoms with van der Waals surface area (Å²) < 4.78 is 4.59. The van der Waals surface area contributed by atoms with Crippen molar-refractivity contribution >= 4 is 32.4 Å². The zero-order valence-electron chi connectivity index (χ0n) is 29.0. The van der Waals surface area contributed by atoms with Crippen LogP contribution in [0.5, 0.6) is 0 Å². The molecule has 2 heterocycles. The molecular weight excluding hydrogens is 643 g/mol. The minimum Gasteiger partial charge on any atom is -0.248 e. The van der Waals surface area contributed by atoms with Crippen LogP contribution in [0, 0.1) is 0 Å². The Kier molecular flexibility index (Phi) is 7.47. The van der Waals surface area contributed by atoms with Crippen molar-refractivity contribution in [3.8, 4) is 56.1 Å². The van der Waals surface area contributed by atoms with Gasteiger partial charge in [0.15, 0.2) is 0 Å². The van der Waals surface area contributed by atoms with E-state index in [-0.39, 0.29) is 0 Å². The van der Waals surface area contributed by atoms with Crippen molar-refractivity contribution in [1.29, 1.82) is 0 Å². The highest BCUT2D eigenvalue weighted by atomic mass is 15.4. The number of nitrogens with zero attached hydrogens (tertiary/aromatic N) is 3. The molecule has 0 aliphatic rings. The van der Waals surface area contributed by atoms with E-state index in [4.69, 9.17) is 4.98 Å². The number of pyridine rings is 1. The van der Waals surface area contributed by atoms with E-state index in [9.17, 15) is 0 Å². The van der Waals surface area contributed by atoms with Gasteiger partial charge in [-0.25, -0.2) is 4.98 Å². The van der Waals surface area contributed by atoms with Crippen molar-refractivity contribution in [1.82, 2.24) is 9.67 Å². The Bertz CT molecular complexity index is 2870. The summed E-state index contributed by atoms with van der Waals surface area (Å²) in [6.45, 7) is 0. The molecule has 10 aromatic rings. The fourth-order valence-electron chi connectivity index (χ4n) is 7.69. The van der Waals surface area contributed by atoms with Crippen LogP contribution >= 0.6 is 0 Å². The number of para-hydroxylation sites is 2. The average molecular weight is 677 g/mol. The van der Waals surface area contributed by atoms with Crippen LogP contribution in [0.3, 0.4) is 0 Å². The number of hydrogen-bond donors (Lipinski definition) is 0. The van der Waals surface area contributed by atoms with Gasteiger partial charge in [-0.2, -0.15) is 0 Å². The summed E-state index contributed by atoms with van der Waals surface area (Å²) >= 11 is 0. The Hall–Kier alpha value is -7.10. The van der Waals surface area contributed by atoms with Gasteiger partial charge < -0.3 is 0 Å². The number of benzene rings is 8. The molecule has 248 valence electrons. The lowest BCUT2D eigenvalue weighted by Crippen LogP contribution is -2.39. The van der Waals surface area contributed by atoms with Gasteiger partial charge in [-0.15, -0.1) is 4.68 Å². The molecule has 0 bridgehead atoms. The highest BCUT2D eigenvalue weighted by molar-refractivity contribution is 6.14. The molecule has 3 heteroatoms. The van der Waals surface area contributed by atoms with Crippen molar-refractivity contribution in [2.24, 2.45) is 0 Å². The lowest BCUT2D eigenvalue weighted by Gasteiger charge is -2.14. The molecule has 0 unspecified atom stereocenters. The number of aromatic nitrogens is 3. The minimum atomic E-state index is 0.918. The maximum Gasteiger partial charge on any atom is 0.237 e. The van der Waals surface area contributed by atoms with Crippen LogP contribution in [-0.4, -0.2) is 9.67 Å². The Morgan fingerprint density at radius 1 is 0.377 bits per heavy atom. The molecule has 0 amide bonds. The van der Waals surface area contributed by atoms with E-state index < -0.39 is 0 Å². The van der Waals surface area contributed by atoms with Gasteiger partial charge >= 0.3 is 0 Å². The van der Waals surface area contributed by atoms with Gasteiger partial charge in [0.05, 0.1) is 16.8 Å². The maximum atomic E-state index is 5.39. The summed E-state index contributed by atoms with van der Waals surface area (Å²) in [5, 5.41) is 6.10. The van der Waals surface area contributed by atoms with Gasteiger partial charge in [0.1, 0.15) is 11.2 Å². The first-order valence-corrected chi connectivity index (χ1v) is 18.0. The molecule has 0 saturated heterocycles. The molecule has 0 spiro atoms. The Morgan fingerprint density at radius 3 is 1.70 bits per heavy atom. The number of hydrogen-bond acceptors (Lipinski definition) is 1. The minimum absolute atomic E-state index is 0.918. The van der Waals surface area contributed by atoms with Crippen molar-refractivity contribution in [3.05, 3.63) is 206 Å². The zero-order valence-corrected chi connectivity index (χ0v) is 29.0. The van der Waals surface area contributed by atoms with Crippen molar-refractivity contribution in [2.75, 3.05) is 0 Å². The Balaban J connectivity index is 1.29. The largest absolute Gasteiger partial charge is 0.248 e. The molecule has 0 fully saturated rings. The third kappa shape index (κ3) is 5.56. The van der Waals surface area contributed by atoms with E-state index >= 15 is 0 Å². The standard InChI is InChI=1S/C50H34N3/c1-4-16-35(17-5-1)39-32-48(36-18-6-2-7-19-36)51-49(33-39)41-28-40(47-31-37-20-10-12-24-44(37)45-25-13-14-26-46(45)47)29-43(30-41)52-34-38-21-11-15-27-50(38)53(52)42-22-8-3-9-23-42/h1-34H/q+1. The third-order valence-corrected chi connectivity index (χ3v) is 10.2. The van der Waals surface area contributed by atoms with Crippen molar-refractivity contribution in [2.45, 2.75) is 0 Å². The molecule has 2 aromatic heterocycles. The quantitative estimate of drug-likeness (QED) is 0.127. The second kappa shape index (κ2) is 12.9. The fraction of sp³-hybridized carbons (Fsp3) is 0. The summed E-state index contributed by atoms with van der Waals surface area (Å²) in [5.74, 6) is 0. The van der Waals surface area contributed by atoms with Gasteiger partial charge in [0.25, 0.3) is 0 Å². The second-order valence-electron chi connectivity index (χ2n) is 13.5. The summed E-state index contributed by atoms with van der Waals surface area (Å²) in [4.78, 5) is 5.39. The van der Waals surface area contributed by atoms with Crippen LogP contribution in [0.4, 0.5) is 0 Å². The zero-order chi connectivity index (χ0) is 35.1. The fourth-order valence-corrected chi connectivity index (χ4v) is 7.69.